The van der Waals surface area contributed by atoms with Crippen LogP contribution < -0.4 is 9.44 Å². The van der Waals surface area contributed by atoms with Gasteiger partial charge in [0, 0.05) is 15.4 Å². The summed E-state index contributed by atoms with van der Waals surface area (Å²) in [7, 11) is -9.01. The topological polar surface area (TPSA) is 118 Å². The molecule has 0 unspecified atom stereocenters. The van der Waals surface area contributed by atoms with E-state index in [0.717, 1.165) is 10.4 Å². The zero-order valence-electron chi connectivity index (χ0n) is 17.3. The molecule has 4 aromatic rings. The molecule has 7 nitrogen and oxygen atoms in total. The third-order valence-corrected chi connectivity index (χ3v) is 8.74. The van der Waals surface area contributed by atoms with Crippen molar-refractivity contribution in [3.8, 4) is 5.75 Å². The average Bonchev–Trinajstić information content (AvgIpc) is 2.77. The standard InChI is InChI=1S/C22H14Cl4N2O5S2/c23-13-2-5-18(25)20(8-13)28(21-9-14(24)3-6-19(21)26)35(32,33)22-11-16(34(27,30)31)7-12-1-4-15(29)10-17(12)22/h1-11,29H,(H2,27,30,31). The molecule has 0 spiro atoms. The minimum Gasteiger partial charge on any atom is -0.508 e. The number of anilines is 2. The number of nitrogens with zero attached hydrogens (tertiary/aromatic N) is 1. The first-order valence-corrected chi connectivity index (χ1v) is 14.0. The summed E-state index contributed by atoms with van der Waals surface area (Å²) >= 11 is 25.1. The highest BCUT2D eigenvalue weighted by atomic mass is 35.5. The van der Waals surface area contributed by atoms with E-state index in [1.54, 1.807) is 0 Å². The molecule has 0 fully saturated rings. The van der Waals surface area contributed by atoms with Crippen molar-refractivity contribution >= 4 is 88.6 Å². The summed E-state index contributed by atoms with van der Waals surface area (Å²) in [6, 6.07) is 14.3. The highest BCUT2D eigenvalue weighted by molar-refractivity contribution is 7.93. The summed E-state index contributed by atoms with van der Waals surface area (Å²) in [5, 5.41) is 15.9. The zero-order chi connectivity index (χ0) is 25.7. The molecule has 0 aliphatic carbocycles. The normalized spacial score (nSPS) is 12.1. The predicted molar refractivity (Wildman–Crippen MR) is 139 cm³/mol. The van der Waals surface area contributed by atoms with E-state index >= 15 is 0 Å². The third kappa shape index (κ3) is 5.03. The summed E-state index contributed by atoms with van der Waals surface area (Å²) in [5.41, 5.74) is -0.143. The van der Waals surface area contributed by atoms with E-state index in [1.165, 1.54) is 60.7 Å². The Hall–Kier alpha value is -2.24. The molecule has 0 bridgehead atoms. The van der Waals surface area contributed by atoms with Gasteiger partial charge in [0.2, 0.25) is 10.0 Å². The smallest absolute Gasteiger partial charge is 0.269 e. The van der Waals surface area contributed by atoms with Crippen LogP contribution in [-0.4, -0.2) is 21.9 Å². The van der Waals surface area contributed by atoms with Crippen LogP contribution in [0.3, 0.4) is 0 Å². The summed E-state index contributed by atoms with van der Waals surface area (Å²) in [5.74, 6) is -0.245. The van der Waals surface area contributed by atoms with Gasteiger partial charge >= 0.3 is 0 Å². The molecule has 0 saturated heterocycles. The Morgan fingerprint density at radius 3 is 1.77 bits per heavy atom. The third-order valence-electron chi connectivity index (χ3n) is 4.97. The molecule has 13 heteroatoms. The number of nitrogens with two attached hydrogens (primary N) is 1. The number of hydrogen-bond donors (Lipinski definition) is 2. The number of halogens is 4. The molecule has 0 amide bonds. The van der Waals surface area contributed by atoms with E-state index in [9.17, 15) is 21.9 Å². The molecular weight excluding hydrogens is 578 g/mol. The minimum absolute atomic E-state index is 0.00349. The van der Waals surface area contributed by atoms with Crippen molar-refractivity contribution in [2.24, 2.45) is 5.14 Å². The molecule has 182 valence electrons. The van der Waals surface area contributed by atoms with E-state index in [0.29, 0.717) is 0 Å². The average molecular weight is 592 g/mol. The van der Waals surface area contributed by atoms with Gasteiger partial charge in [0.1, 0.15) is 5.75 Å². The lowest BCUT2D eigenvalue weighted by Gasteiger charge is -2.27. The van der Waals surface area contributed by atoms with Crippen molar-refractivity contribution in [2.75, 3.05) is 4.31 Å². The van der Waals surface area contributed by atoms with Gasteiger partial charge in [-0.3, -0.25) is 0 Å². The number of rotatable bonds is 5. The second-order valence-corrected chi connectivity index (χ2v) is 12.3. The number of primary sulfonamides is 1. The largest absolute Gasteiger partial charge is 0.508 e. The first-order chi connectivity index (χ1) is 16.3. The lowest BCUT2D eigenvalue weighted by atomic mass is 10.1. The van der Waals surface area contributed by atoms with Crippen molar-refractivity contribution in [3.05, 3.63) is 86.8 Å². The van der Waals surface area contributed by atoms with Gasteiger partial charge in [0.05, 0.1) is 31.2 Å². The van der Waals surface area contributed by atoms with Gasteiger partial charge in [-0.05, 0) is 66.0 Å². The molecule has 0 aromatic heterocycles. The first-order valence-electron chi connectivity index (χ1n) is 9.54. The van der Waals surface area contributed by atoms with Gasteiger partial charge in [-0.15, -0.1) is 0 Å². The number of phenolic OH excluding ortho intramolecular Hbond substituents is 1. The number of sulfonamides is 2. The lowest BCUT2D eigenvalue weighted by Crippen LogP contribution is -2.27. The van der Waals surface area contributed by atoms with Crippen LogP contribution >= 0.6 is 46.4 Å². The molecule has 0 atom stereocenters. The van der Waals surface area contributed by atoms with Gasteiger partial charge in [-0.1, -0.05) is 52.5 Å². The maximum atomic E-state index is 14.3. The Bertz CT molecular complexity index is 1660. The summed E-state index contributed by atoms with van der Waals surface area (Å²) in [6.07, 6.45) is 0. The van der Waals surface area contributed by atoms with Crippen LogP contribution in [-0.2, 0) is 20.0 Å². The lowest BCUT2D eigenvalue weighted by molar-refractivity contribution is 0.476. The number of fused-ring (bicyclic) bond motifs is 1. The summed E-state index contributed by atoms with van der Waals surface area (Å²) in [6.45, 7) is 0. The molecular formula is C22H14Cl4N2O5S2. The van der Waals surface area contributed by atoms with Crippen LogP contribution in [0, 0.1) is 0 Å². The van der Waals surface area contributed by atoms with E-state index < -0.39 is 29.8 Å². The number of phenols is 1. The van der Waals surface area contributed by atoms with E-state index in [2.05, 4.69) is 0 Å². The zero-order valence-corrected chi connectivity index (χ0v) is 21.9. The van der Waals surface area contributed by atoms with Crippen molar-refractivity contribution in [3.63, 3.8) is 0 Å². The molecule has 4 aromatic carbocycles. The Balaban J connectivity index is 2.16. The maximum absolute atomic E-state index is 14.3. The number of hydrogen-bond acceptors (Lipinski definition) is 5. The van der Waals surface area contributed by atoms with Gasteiger partial charge in [0.25, 0.3) is 10.0 Å². The fraction of sp³-hybridized carbons (Fsp3) is 0. The Labute approximate surface area is 221 Å². The Morgan fingerprint density at radius 2 is 1.26 bits per heavy atom. The first kappa shape index (κ1) is 25.8. The summed E-state index contributed by atoms with van der Waals surface area (Å²) < 4.78 is 53.7. The highest BCUT2D eigenvalue weighted by Crippen LogP contribution is 2.44. The Morgan fingerprint density at radius 1 is 0.714 bits per heavy atom. The minimum atomic E-state index is -4.70. The van der Waals surface area contributed by atoms with Gasteiger partial charge < -0.3 is 5.11 Å². The van der Waals surface area contributed by atoms with Gasteiger partial charge in [0.15, 0.2) is 0 Å². The SMILES string of the molecule is NS(=O)(=O)c1cc(S(=O)(=O)N(c2cc(Cl)ccc2Cl)c2cc(Cl)ccc2Cl)c2cc(O)ccc2c1. The van der Waals surface area contributed by atoms with E-state index in [-0.39, 0.29) is 48.0 Å². The fourth-order valence-electron chi connectivity index (χ4n) is 3.43. The molecule has 3 N–H and O–H groups in total. The molecule has 0 heterocycles. The van der Waals surface area contributed by atoms with Crippen molar-refractivity contribution < 1.29 is 21.9 Å². The van der Waals surface area contributed by atoms with Crippen LogP contribution in [0.5, 0.6) is 5.75 Å². The predicted octanol–water partition coefficient (Wildman–Crippen LogP) is 6.33. The van der Waals surface area contributed by atoms with Crippen molar-refractivity contribution in [2.45, 2.75) is 9.79 Å². The fourth-order valence-corrected chi connectivity index (χ4v) is 6.67. The van der Waals surface area contributed by atoms with Crippen LogP contribution in [0.25, 0.3) is 10.8 Å². The number of aromatic hydroxyl groups is 1. The highest BCUT2D eigenvalue weighted by Gasteiger charge is 2.33. The molecule has 0 radical (unpaired) electrons. The molecule has 0 aliphatic rings. The Kier molecular flexibility index (Phi) is 6.89. The van der Waals surface area contributed by atoms with E-state index in [4.69, 9.17) is 51.5 Å². The van der Waals surface area contributed by atoms with Crippen LogP contribution in [0.4, 0.5) is 11.4 Å². The molecule has 35 heavy (non-hydrogen) atoms. The summed E-state index contributed by atoms with van der Waals surface area (Å²) in [4.78, 5) is -0.939. The maximum Gasteiger partial charge on any atom is 0.269 e. The van der Waals surface area contributed by atoms with Gasteiger partial charge in [-0.25, -0.2) is 26.3 Å². The van der Waals surface area contributed by atoms with Crippen LogP contribution in [0.15, 0.2) is 76.5 Å². The quantitative estimate of drug-likeness (QED) is 0.281. The monoisotopic (exact) mass is 590 g/mol. The van der Waals surface area contributed by atoms with Gasteiger partial charge in [-0.2, -0.15) is 0 Å². The second-order valence-electron chi connectivity index (χ2n) is 7.33. The molecule has 4 rings (SSSR count). The molecule has 0 saturated carbocycles. The van der Waals surface area contributed by atoms with Crippen LogP contribution in [0.2, 0.25) is 20.1 Å². The van der Waals surface area contributed by atoms with Crippen molar-refractivity contribution in [1.82, 2.24) is 0 Å². The van der Waals surface area contributed by atoms with Crippen LogP contribution in [0.1, 0.15) is 0 Å². The number of benzene rings is 4. The van der Waals surface area contributed by atoms with Crippen molar-refractivity contribution in [1.29, 1.82) is 0 Å². The molecule has 0 aliphatic heterocycles. The van der Waals surface area contributed by atoms with E-state index in [1.807, 2.05) is 0 Å². The second kappa shape index (κ2) is 9.33.